The molecule has 3 heterocycles. The van der Waals surface area contributed by atoms with Crippen molar-refractivity contribution in [1.82, 2.24) is 14.2 Å². The van der Waals surface area contributed by atoms with E-state index >= 15 is 0 Å². The summed E-state index contributed by atoms with van der Waals surface area (Å²) < 4.78 is 33.6. The number of amides is 2. The molecule has 0 radical (unpaired) electrons. The molecule has 2 aliphatic rings. The summed E-state index contributed by atoms with van der Waals surface area (Å²) in [6.45, 7) is 7.66. The van der Waals surface area contributed by atoms with Crippen molar-refractivity contribution in [2.45, 2.75) is 74.1 Å². The van der Waals surface area contributed by atoms with Crippen LogP contribution in [0.1, 0.15) is 45.1 Å². The third-order valence-corrected chi connectivity index (χ3v) is 10.3. The van der Waals surface area contributed by atoms with E-state index in [-0.39, 0.29) is 29.8 Å². The van der Waals surface area contributed by atoms with Gasteiger partial charge in [0.2, 0.25) is 0 Å². The minimum Gasteiger partial charge on any atom is -0.453 e. The van der Waals surface area contributed by atoms with Gasteiger partial charge in [0.25, 0.3) is 15.9 Å². The first-order valence-electron chi connectivity index (χ1n) is 13.4. The van der Waals surface area contributed by atoms with E-state index in [1.165, 1.54) is 29.4 Å². The molecule has 212 valence electrons. The number of nitrogens with zero attached hydrogens (tertiary/aromatic N) is 2. The molecule has 5 rings (SSSR count). The predicted molar refractivity (Wildman–Crippen MR) is 151 cm³/mol. The molecule has 2 saturated heterocycles. The maximum atomic E-state index is 14.6. The van der Waals surface area contributed by atoms with Crippen LogP contribution in [0.15, 0.2) is 77.8 Å². The van der Waals surface area contributed by atoms with Crippen LogP contribution in [0.5, 0.6) is 0 Å². The van der Waals surface area contributed by atoms with Gasteiger partial charge >= 0.3 is 6.09 Å². The van der Waals surface area contributed by atoms with Crippen LogP contribution in [0.25, 0.3) is 10.9 Å². The topological polar surface area (TPSA) is 118 Å². The van der Waals surface area contributed by atoms with Gasteiger partial charge < -0.3 is 20.1 Å². The van der Waals surface area contributed by atoms with E-state index in [1.54, 1.807) is 54.3 Å². The Morgan fingerprint density at radius 1 is 1.15 bits per heavy atom. The number of fused-ring (bicyclic) bond motifs is 2. The van der Waals surface area contributed by atoms with E-state index in [9.17, 15) is 23.1 Å². The number of carbonyl (C=O) groups excluding carboxylic acids is 2. The van der Waals surface area contributed by atoms with Gasteiger partial charge in [-0.05, 0) is 62.4 Å². The fourth-order valence-electron chi connectivity index (χ4n) is 6.50. The predicted octanol–water partition coefficient (Wildman–Crippen LogP) is 4.00. The van der Waals surface area contributed by atoms with E-state index in [2.05, 4.69) is 11.9 Å². The van der Waals surface area contributed by atoms with Crippen molar-refractivity contribution in [2.24, 2.45) is 0 Å². The first-order valence-corrected chi connectivity index (χ1v) is 14.9. The molecule has 40 heavy (non-hydrogen) atoms. The molecule has 2 amide bonds. The lowest BCUT2D eigenvalue weighted by Crippen LogP contribution is -2.79. The second kappa shape index (κ2) is 10.1. The number of ether oxygens (including phenoxy) is 1. The Kier molecular flexibility index (Phi) is 7.04. The normalized spacial score (nSPS) is 26.8. The van der Waals surface area contributed by atoms with Gasteiger partial charge in [-0.1, -0.05) is 43.0 Å². The summed E-state index contributed by atoms with van der Waals surface area (Å²) in [5, 5.41) is 15.6. The lowest BCUT2D eigenvalue weighted by Gasteiger charge is -2.58. The second-order valence-electron chi connectivity index (χ2n) is 11.0. The van der Waals surface area contributed by atoms with Crippen LogP contribution in [0, 0.1) is 0 Å². The van der Waals surface area contributed by atoms with E-state index < -0.39 is 33.2 Å². The zero-order valence-corrected chi connectivity index (χ0v) is 23.8. The molecule has 2 N–H and O–H groups in total. The van der Waals surface area contributed by atoms with Gasteiger partial charge in [0.05, 0.1) is 17.5 Å². The number of hydrogen-bond acceptors (Lipinski definition) is 6. The first kappa shape index (κ1) is 27.9. The third kappa shape index (κ3) is 4.21. The summed E-state index contributed by atoms with van der Waals surface area (Å²) in [5.74, 6) is -0.436. The average Bonchev–Trinajstić information content (AvgIpc) is 3.31. The first-order chi connectivity index (χ1) is 19.0. The van der Waals surface area contributed by atoms with Crippen molar-refractivity contribution >= 4 is 32.9 Å². The highest BCUT2D eigenvalue weighted by Crippen LogP contribution is 2.47. The van der Waals surface area contributed by atoms with Crippen LogP contribution in [0.2, 0.25) is 0 Å². The number of hydrogen-bond donors (Lipinski definition) is 2. The molecule has 0 spiro atoms. The monoisotopic (exact) mass is 565 g/mol. The van der Waals surface area contributed by atoms with E-state index in [4.69, 9.17) is 4.74 Å². The lowest BCUT2D eigenvalue weighted by molar-refractivity contribution is -0.171. The minimum atomic E-state index is -3.99. The zero-order chi connectivity index (χ0) is 28.9. The molecular weight excluding hydrogens is 530 g/mol. The Morgan fingerprint density at radius 3 is 2.50 bits per heavy atom. The quantitative estimate of drug-likeness (QED) is 0.437. The number of alkyl carbamates (subject to hydrolysis) is 1. The Hall–Kier alpha value is -3.63. The molecule has 2 aliphatic heterocycles. The Bertz CT molecular complexity index is 1580. The van der Waals surface area contributed by atoms with E-state index in [0.29, 0.717) is 22.0 Å². The van der Waals surface area contributed by atoms with Crippen LogP contribution >= 0.6 is 0 Å². The van der Waals surface area contributed by atoms with Crippen molar-refractivity contribution in [3.05, 3.63) is 78.5 Å². The SMILES string of the molecule is C=C(C)[C@]1(O)C[C@@H]2CCC[C@@H](C)N2C(=O)[C@]1(Cc1cn(S(=O)(=O)c2ccccc2)c2ccccc12)NC(=O)OC. The second-order valence-corrected chi connectivity index (χ2v) is 12.8. The highest BCUT2D eigenvalue weighted by atomic mass is 32.2. The maximum absolute atomic E-state index is 14.6. The fraction of sp³-hybridized carbons (Fsp3) is 0.400. The number of rotatable bonds is 6. The molecule has 0 bridgehead atoms. The van der Waals surface area contributed by atoms with Gasteiger partial charge in [0, 0.05) is 36.5 Å². The van der Waals surface area contributed by atoms with Crippen molar-refractivity contribution < 1.29 is 27.9 Å². The van der Waals surface area contributed by atoms with Gasteiger partial charge in [-0.25, -0.2) is 17.2 Å². The molecule has 2 fully saturated rings. The van der Waals surface area contributed by atoms with E-state index in [1.807, 2.05) is 6.92 Å². The molecule has 10 heteroatoms. The highest BCUT2D eigenvalue weighted by Gasteiger charge is 2.64. The summed E-state index contributed by atoms with van der Waals surface area (Å²) in [5.41, 5.74) is -2.49. The number of aliphatic hydroxyl groups is 1. The number of carbonyl (C=O) groups is 2. The van der Waals surface area contributed by atoms with Crippen LogP contribution in [0.4, 0.5) is 4.79 Å². The summed E-state index contributed by atoms with van der Waals surface area (Å²) in [4.78, 5) is 29.3. The summed E-state index contributed by atoms with van der Waals surface area (Å²) in [6.07, 6.45) is 3.05. The number of nitrogens with one attached hydrogen (secondary N) is 1. The Morgan fingerprint density at radius 2 is 1.82 bits per heavy atom. The number of benzene rings is 2. The van der Waals surface area contributed by atoms with Gasteiger partial charge in [-0.15, -0.1) is 0 Å². The molecule has 0 aliphatic carbocycles. The standard InChI is InChI=1S/C30H35N3O6S/c1-20(2)30(36)18-23-12-10-11-21(3)33(23)27(34)29(30,31-28(35)39-4)17-22-19-32(26-16-9-8-15-25(22)26)40(37,38)24-13-6-5-7-14-24/h5-9,13-16,19,21,23,36H,1,10-12,17-18H2,2-4H3,(H,31,35)/t21-,23+,29+,30-/m1/s1. The molecule has 0 saturated carbocycles. The average molecular weight is 566 g/mol. The number of piperidine rings is 2. The Balaban J connectivity index is 1.73. The van der Waals surface area contributed by atoms with Crippen LogP contribution < -0.4 is 5.32 Å². The molecule has 4 atom stereocenters. The summed E-state index contributed by atoms with van der Waals surface area (Å²) >= 11 is 0. The van der Waals surface area contributed by atoms with Gasteiger partial charge in [0.15, 0.2) is 5.54 Å². The Labute approximate surface area is 234 Å². The van der Waals surface area contributed by atoms with Crippen molar-refractivity contribution in [1.29, 1.82) is 0 Å². The molecular formula is C30H35N3O6S. The molecule has 1 aromatic heterocycles. The van der Waals surface area contributed by atoms with Crippen LogP contribution in [-0.2, 0) is 26.0 Å². The van der Waals surface area contributed by atoms with Gasteiger partial charge in [0.1, 0.15) is 5.60 Å². The molecule has 3 aromatic rings. The van der Waals surface area contributed by atoms with Crippen molar-refractivity contribution in [3.8, 4) is 0 Å². The molecule has 9 nitrogen and oxygen atoms in total. The zero-order valence-electron chi connectivity index (χ0n) is 23.0. The number of methoxy groups -OCH3 is 1. The summed E-state index contributed by atoms with van der Waals surface area (Å²) in [6, 6.07) is 14.7. The minimum absolute atomic E-state index is 0.0976. The van der Waals surface area contributed by atoms with Crippen molar-refractivity contribution in [3.63, 3.8) is 0 Å². The van der Waals surface area contributed by atoms with Gasteiger partial charge in [-0.3, -0.25) is 4.79 Å². The smallest absolute Gasteiger partial charge is 0.407 e. The van der Waals surface area contributed by atoms with E-state index in [0.717, 1.165) is 19.3 Å². The largest absolute Gasteiger partial charge is 0.453 e. The maximum Gasteiger partial charge on any atom is 0.407 e. The third-order valence-electron chi connectivity index (χ3n) is 8.59. The number of para-hydroxylation sites is 1. The van der Waals surface area contributed by atoms with Gasteiger partial charge in [-0.2, -0.15) is 0 Å². The number of aromatic nitrogens is 1. The molecule has 2 aromatic carbocycles. The highest BCUT2D eigenvalue weighted by molar-refractivity contribution is 7.90. The lowest BCUT2D eigenvalue weighted by atomic mass is 9.63. The van der Waals surface area contributed by atoms with Crippen LogP contribution in [0.3, 0.4) is 0 Å². The fourth-order valence-corrected chi connectivity index (χ4v) is 7.91. The van der Waals surface area contributed by atoms with Crippen molar-refractivity contribution in [2.75, 3.05) is 7.11 Å². The summed E-state index contributed by atoms with van der Waals surface area (Å²) in [7, 11) is -2.80. The molecule has 0 unspecified atom stereocenters. The van der Waals surface area contributed by atoms with Crippen LogP contribution in [-0.4, -0.2) is 64.7 Å².